The molecule has 1 aromatic heterocycles. The predicted molar refractivity (Wildman–Crippen MR) is 107 cm³/mol. The van der Waals surface area contributed by atoms with E-state index in [0.717, 1.165) is 5.56 Å². The molecule has 1 aliphatic heterocycles. The van der Waals surface area contributed by atoms with Gasteiger partial charge >= 0.3 is 12.0 Å². The fraction of sp³-hybridized carbons (Fsp3) is 0.278. The van der Waals surface area contributed by atoms with E-state index in [2.05, 4.69) is 9.71 Å². The molecule has 1 fully saturated rings. The van der Waals surface area contributed by atoms with Crippen molar-refractivity contribution in [3.05, 3.63) is 52.7 Å². The van der Waals surface area contributed by atoms with Crippen LogP contribution in [0.5, 0.6) is 0 Å². The molecule has 0 unspecified atom stereocenters. The summed E-state index contributed by atoms with van der Waals surface area (Å²) in [6.07, 6.45) is 1.22. The van der Waals surface area contributed by atoms with Gasteiger partial charge in [0.25, 0.3) is 10.0 Å². The molecule has 0 atom stereocenters. The van der Waals surface area contributed by atoms with Gasteiger partial charge in [0, 0.05) is 32.4 Å². The minimum atomic E-state index is -3.95. The summed E-state index contributed by atoms with van der Waals surface area (Å²) in [5.41, 5.74) is 0.896. The molecule has 0 aliphatic carbocycles. The van der Waals surface area contributed by atoms with Crippen molar-refractivity contribution in [3.63, 3.8) is 0 Å². The maximum absolute atomic E-state index is 12.4. The molecule has 0 bridgehead atoms. The van der Waals surface area contributed by atoms with E-state index in [-0.39, 0.29) is 28.6 Å². The number of halogens is 1. The lowest BCUT2D eigenvalue weighted by atomic mass is 10.2. The van der Waals surface area contributed by atoms with Crippen molar-refractivity contribution in [2.75, 3.05) is 31.1 Å². The van der Waals surface area contributed by atoms with Gasteiger partial charge < -0.3 is 14.9 Å². The summed E-state index contributed by atoms with van der Waals surface area (Å²) in [5, 5.41) is 9.18. The zero-order chi connectivity index (χ0) is 21.2. The van der Waals surface area contributed by atoms with Gasteiger partial charge in [0.2, 0.25) is 0 Å². The number of anilines is 1. The van der Waals surface area contributed by atoms with Gasteiger partial charge in [-0.2, -0.15) is 0 Å². The van der Waals surface area contributed by atoms with E-state index in [1.54, 1.807) is 12.1 Å². The van der Waals surface area contributed by atoms with Gasteiger partial charge in [0.05, 0.1) is 15.5 Å². The number of carboxylic acid groups (broad SMARTS) is 1. The lowest BCUT2D eigenvalue weighted by molar-refractivity contribution is 0.0696. The molecule has 0 radical (unpaired) electrons. The van der Waals surface area contributed by atoms with Gasteiger partial charge in [-0.1, -0.05) is 29.3 Å². The number of hydrogen-bond donors (Lipinski definition) is 2. The normalized spacial score (nSPS) is 14.6. The molecular weight excluding hydrogens is 420 g/mol. The number of aryl methyl sites for hydroxylation is 1. The van der Waals surface area contributed by atoms with Gasteiger partial charge in [0.1, 0.15) is 5.82 Å². The molecule has 1 saturated heterocycles. The number of hydrogen-bond acceptors (Lipinski definition) is 6. The first kappa shape index (κ1) is 20.9. The van der Waals surface area contributed by atoms with Crippen molar-refractivity contribution in [2.24, 2.45) is 0 Å². The quantitative estimate of drug-likeness (QED) is 0.748. The van der Waals surface area contributed by atoms with Crippen LogP contribution in [-0.4, -0.2) is 61.6 Å². The van der Waals surface area contributed by atoms with E-state index in [1.165, 1.54) is 29.3 Å². The maximum Gasteiger partial charge on any atom is 0.337 e. The molecule has 2 heterocycles. The van der Waals surface area contributed by atoms with E-state index in [9.17, 15) is 18.0 Å². The summed E-state index contributed by atoms with van der Waals surface area (Å²) < 4.78 is 26.8. The van der Waals surface area contributed by atoms with Crippen LogP contribution >= 0.6 is 11.6 Å². The van der Waals surface area contributed by atoms with Crippen molar-refractivity contribution < 1.29 is 23.1 Å². The van der Waals surface area contributed by atoms with E-state index >= 15 is 0 Å². The standard InChI is InChI=1S/C18H19ClN4O5S/c1-12-2-4-14(5-3-12)29(27,28)21-18(26)23-8-6-22(7-9-23)16-15(19)10-13(11-20-16)17(24)25/h2-5,10-11H,6-9H2,1H3,(H,21,26)(H,24,25). The van der Waals surface area contributed by atoms with Crippen LogP contribution in [0.25, 0.3) is 0 Å². The monoisotopic (exact) mass is 438 g/mol. The van der Waals surface area contributed by atoms with Crippen molar-refractivity contribution in [1.82, 2.24) is 14.6 Å². The average Bonchev–Trinajstić information content (AvgIpc) is 2.68. The van der Waals surface area contributed by atoms with E-state index in [4.69, 9.17) is 16.7 Å². The van der Waals surface area contributed by atoms with Crippen LogP contribution in [0.1, 0.15) is 15.9 Å². The van der Waals surface area contributed by atoms with Crippen LogP contribution in [0, 0.1) is 6.92 Å². The van der Waals surface area contributed by atoms with Crippen LogP contribution in [0.15, 0.2) is 41.4 Å². The second-order valence-electron chi connectivity index (χ2n) is 6.53. The van der Waals surface area contributed by atoms with Crippen LogP contribution in [0.4, 0.5) is 10.6 Å². The summed E-state index contributed by atoms with van der Waals surface area (Å²) in [6.45, 7) is 3.10. The van der Waals surface area contributed by atoms with Crippen LogP contribution in [0.3, 0.4) is 0 Å². The Morgan fingerprint density at radius 1 is 1.14 bits per heavy atom. The van der Waals surface area contributed by atoms with Gasteiger partial charge in [-0.3, -0.25) is 0 Å². The smallest absolute Gasteiger partial charge is 0.337 e. The SMILES string of the molecule is Cc1ccc(S(=O)(=O)NC(=O)N2CCN(c3ncc(C(=O)O)cc3Cl)CC2)cc1. The van der Waals surface area contributed by atoms with Crippen molar-refractivity contribution in [3.8, 4) is 0 Å². The lowest BCUT2D eigenvalue weighted by Gasteiger charge is -2.35. The van der Waals surface area contributed by atoms with Crippen molar-refractivity contribution in [1.29, 1.82) is 0 Å². The predicted octanol–water partition coefficient (Wildman–Crippen LogP) is 1.96. The first-order valence-corrected chi connectivity index (χ1v) is 10.6. The number of nitrogens with zero attached hydrogens (tertiary/aromatic N) is 3. The highest BCUT2D eigenvalue weighted by Crippen LogP contribution is 2.25. The highest BCUT2D eigenvalue weighted by atomic mass is 35.5. The van der Waals surface area contributed by atoms with Gasteiger partial charge in [-0.05, 0) is 25.1 Å². The number of sulfonamides is 1. The molecule has 1 aliphatic rings. The minimum absolute atomic E-state index is 0.0157. The molecule has 2 N–H and O–H groups in total. The summed E-state index contributed by atoms with van der Waals surface area (Å²) in [7, 11) is -3.95. The summed E-state index contributed by atoms with van der Waals surface area (Å²) in [5.74, 6) is -0.703. The van der Waals surface area contributed by atoms with Crippen LogP contribution < -0.4 is 9.62 Å². The fourth-order valence-electron chi connectivity index (χ4n) is 2.86. The molecular formula is C18H19ClN4O5S. The Labute approximate surface area is 173 Å². The lowest BCUT2D eigenvalue weighted by Crippen LogP contribution is -2.53. The van der Waals surface area contributed by atoms with Gasteiger partial charge in [-0.25, -0.2) is 27.7 Å². The average molecular weight is 439 g/mol. The minimum Gasteiger partial charge on any atom is -0.478 e. The first-order valence-electron chi connectivity index (χ1n) is 8.69. The molecule has 0 saturated carbocycles. The Hall–Kier alpha value is -2.85. The third-order valence-electron chi connectivity index (χ3n) is 4.49. The van der Waals surface area contributed by atoms with Gasteiger partial charge in [0.15, 0.2) is 0 Å². The number of aromatic nitrogens is 1. The zero-order valence-electron chi connectivity index (χ0n) is 15.5. The summed E-state index contributed by atoms with van der Waals surface area (Å²) in [6, 6.07) is 6.81. The molecule has 9 nitrogen and oxygen atoms in total. The molecule has 1 aromatic carbocycles. The Bertz CT molecular complexity index is 1030. The van der Waals surface area contributed by atoms with Crippen molar-refractivity contribution >= 4 is 39.4 Å². The Morgan fingerprint density at radius 3 is 2.31 bits per heavy atom. The molecule has 0 spiro atoms. The Kier molecular flexibility index (Phi) is 5.94. The molecule has 2 amide bonds. The van der Waals surface area contributed by atoms with Crippen LogP contribution in [0.2, 0.25) is 5.02 Å². The van der Waals surface area contributed by atoms with Gasteiger partial charge in [-0.15, -0.1) is 0 Å². The Balaban J connectivity index is 1.62. The number of piperazine rings is 1. The van der Waals surface area contributed by atoms with Crippen molar-refractivity contribution in [2.45, 2.75) is 11.8 Å². The third kappa shape index (κ3) is 4.77. The highest BCUT2D eigenvalue weighted by molar-refractivity contribution is 7.90. The van der Waals surface area contributed by atoms with E-state index in [1.807, 2.05) is 11.8 Å². The Morgan fingerprint density at radius 2 is 1.76 bits per heavy atom. The topological polar surface area (TPSA) is 120 Å². The summed E-state index contributed by atoms with van der Waals surface area (Å²) in [4.78, 5) is 30.7. The summed E-state index contributed by atoms with van der Waals surface area (Å²) >= 11 is 6.13. The number of pyridine rings is 1. The number of carbonyl (C=O) groups is 2. The number of benzene rings is 1. The number of carboxylic acids is 1. The molecule has 154 valence electrons. The number of nitrogens with one attached hydrogen (secondary N) is 1. The molecule has 3 rings (SSSR count). The number of urea groups is 1. The van der Waals surface area contributed by atoms with Crippen LogP contribution in [-0.2, 0) is 10.0 Å². The molecule has 2 aromatic rings. The van der Waals surface area contributed by atoms with E-state index in [0.29, 0.717) is 18.9 Å². The first-order chi connectivity index (χ1) is 13.7. The number of amides is 2. The maximum atomic E-state index is 12.4. The zero-order valence-corrected chi connectivity index (χ0v) is 17.1. The number of carbonyl (C=O) groups excluding carboxylic acids is 1. The second kappa shape index (κ2) is 8.26. The fourth-order valence-corrected chi connectivity index (χ4v) is 4.11. The molecule has 29 heavy (non-hydrogen) atoms. The number of aromatic carboxylic acids is 1. The highest BCUT2D eigenvalue weighted by Gasteiger charge is 2.27. The largest absolute Gasteiger partial charge is 0.478 e. The third-order valence-corrected chi connectivity index (χ3v) is 6.10. The second-order valence-corrected chi connectivity index (χ2v) is 8.62. The molecule has 11 heteroatoms. The number of rotatable bonds is 4. The van der Waals surface area contributed by atoms with E-state index < -0.39 is 22.0 Å².